The molecule has 0 radical (unpaired) electrons. The molecule has 0 bridgehead atoms. The van der Waals surface area contributed by atoms with E-state index in [-0.39, 0.29) is 11.9 Å². The number of piperidine rings is 1. The van der Waals surface area contributed by atoms with Crippen molar-refractivity contribution in [2.24, 2.45) is 0 Å². The van der Waals surface area contributed by atoms with Crippen LogP contribution in [0.1, 0.15) is 31.4 Å². The molecule has 1 saturated carbocycles. The Morgan fingerprint density at radius 2 is 1.86 bits per heavy atom. The maximum absolute atomic E-state index is 12.3. The van der Waals surface area contributed by atoms with Gasteiger partial charge in [-0.1, -0.05) is 11.6 Å². The van der Waals surface area contributed by atoms with Gasteiger partial charge in [-0.2, -0.15) is 0 Å². The monoisotopic (exact) mass is 433 g/mol. The van der Waals surface area contributed by atoms with Crippen molar-refractivity contribution in [3.8, 4) is 0 Å². The highest BCUT2D eigenvalue weighted by Gasteiger charge is 2.34. The summed E-state index contributed by atoms with van der Waals surface area (Å²) in [6.07, 6.45) is 6.23. The van der Waals surface area contributed by atoms with Crippen LogP contribution in [0.4, 0.5) is 0 Å². The predicted molar refractivity (Wildman–Crippen MR) is 117 cm³/mol. The van der Waals surface area contributed by atoms with Crippen molar-refractivity contribution in [3.63, 3.8) is 0 Å². The Hall–Kier alpha value is -1.47. The highest BCUT2D eigenvalue weighted by molar-refractivity contribution is 8.00. The molecule has 1 aromatic heterocycles. The third kappa shape index (κ3) is 6.01. The molecule has 1 aliphatic heterocycles. The molecule has 1 saturated heterocycles. The van der Waals surface area contributed by atoms with Crippen molar-refractivity contribution in [3.05, 3.63) is 53.4 Å². The van der Waals surface area contributed by atoms with Gasteiger partial charge in [-0.05, 0) is 62.1 Å². The molecule has 2 heterocycles. The number of nitrogens with zero attached hydrogens (tertiary/aromatic N) is 1. The molecule has 1 amide bonds. The average molecular weight is 434 g/mol. The van der Waals surface area contributed by atoms with Crippen LogP contribution in [0.3, 0.4) is 0 Å². The van der Waals surface area contributed by atoms with Crippen LogP contribution in [0.2, 0.25) is 5.02 Å². The first-order valence-corrected chi connectivity index (χ1v) is 11.7. The molecule has 2 aliphatic rings. The van der Waals surface area contributed by atoms with Gasteiger partial charge >= 0.3 is 0 Å². The van der Waals surface area contributed by atoms with Crippen molar-refractivity contribution in [1.82, 2.24) is 15.5 Å². The summed E-state index contributed by atoms with van der Waals surface area (Å²) in [6, 6.07) is 12.8. The zero-order chi connectivity index (χ0) is 20.1. The highest BCUT2D eigenvalue weighted by atomic mass is 35.5. The van der Waals surface area contributed by atoms with Gasteiger partial charge in [-0.3, -0.25) is 9.69 Å². The van der Waals surface area contributed by atoms with Crippen molar-refractivity contribution >= 4 is 29.3 Å². The second-order valence-electron chi connectivity index (χ2n) is 7.90. The summed E-state index contributed by atoms with van der Waals surface area (Å²) in [6.45, 7) is 3.06. The smallest absolute Gasteiger partial charge is 0.230 e. The van der Waals surface area contributed by atoms with E-state index < -0.39 is 0 Å². The zero-order valence-corrected chi connectivity index (χ0v) is 18.1. The van der Waals surface area contributed by atoms with E-state index in [2.05, 4.69) is 15.5 Å². The fourth-order valence-electron chi connectivity index (χ4n) is 3.98. The molecule has 5 nitrogen and oxygen atoms in total. The second kappa shape index (κ2) is 10.0. The first-order chi connectivity index (χ1) is 14.2. The van der Waals surface area contributed by atoms with E-state index in [1.54, 1.807) is 18.0 Å². The summed E-state index contributed by atoms with van der Waals surface area (Å²) in [5.74, 6) is 1.58. The number of amides is 1. The largest absolute Gasteiger partial charge is 0.468 e. The first-order valence-electron chi connectivity index (χ1n) is 10.3. The fourth-order valence-corrected chi connectivity index (χ4v) is 4.82. The number of thioether (sulfide) groups is 1. The summed E-state index contributed by atoms with van der Waals surface area (Å²) in [5.41, 5.74) is 0. The number of carbonyl (C=O) groups is 1. The van der Waals surface area contributed by atoms with Gasteiger partial charge < -0.3 is 15.1 Å². The molecule has 4 rings (SSSR count). The molecule has 2 aromatic rings. The lowest BCUT2D eigenvalue weighted by Gasteiger charge is -2.42. The number of nitrogens with one attached hydrogen (secondary N) is 2. The number of rotatable bonds is 8. The van der Waals surface area contributed by atoms with Crippen LogP contribution in [0.5, 0.6) is 0 Å². The molecule has 156 valence electrons. The average Bonchev–Trinajstić information content (AvgIpc) is 3.23. The third-order valence-corrected chi connectivity index (χ3v) is 7.07. The number of hydrogen-bond acceptors (Lipinski definition) is 5. The topological polar surface area (TPSA) is 57.5 Å². The Balaban J connectivity index is 1.14. The van der Waals surface area contributed by atoms with E-state index in [0.717, 1.165) is 56.0 Å². The van der Waals surface area contributed by atoms with E-state index in [9.17, 15) is 4.79 Å². The number of halogens is 1. The van der Waals surface area contributed by atoms with Crippen LogP contribution in [-0.2, 0) is 11.3 Å². The molecule has 2 N–H and O–H groups in total. The Morgan fingerprint density at radius 1 is 1.10 bits per heavy atom. The number of carbonyl (C=O) groups excluding carboxylic acids is 1. The predicted octanol–water partition coefficient (Wildman–Crippen LogP) is 3.93. The Labute approximate surface area is 181 Å². The second-order valence-corrected chi connectivity index (χ2v) is 9.38. The highest BCUT2D eigenvalue weighted by Crippen LogP contribution is 2.24. The van der Waals surface area contributed by atoms with Crippen molar-refractivity contribution in [2.75, 3.05) is 18.8 Å². The van der Waals surface area contributed by atoms with Gasteiger partial charge in [-0.15, -0.1) is 11.8 Å². The summed E-state index contributed by atoms with van der Waals surface area (Å²) < 4.78 is 5.45. The van der Waals surface area contributed by atoms with E-state index in [4.69, 9.17) is 16.0 Å². The molecule has 0 unspecified atom stereocenters. The number of furan rings is 1. The van der Waals surface area contributed by atoms with E-state index in [0.29, 0.717) is 22.9 Å². The first kappa shape index (κ1) is 20.8. The Kier molecular flexibility index (Phi) is 7.19. The quantitative estimate of drug-likeness (QED) is 0.618. The Bertz CT molecular complexity index is 776. The molecule has 2 fully saturated rings. The molecule has 7 heteroatoms. The van der Waals surface area contributed by atoms with Crippen LogP contribution in [0, 0.1) is 0 Å². The van der Waals surface area contributed by atoms with Crippen LogP contribution in [0.25, 0.3) is 0 Å². The molecule has 1 aliphatic carbocycles. The minimum atomic E-state index is 0.106. The lowest BCUT2D eigenvalue weighted by Crippen LogP contribution is -2.60. The summed E-state index contributed by atoms with van der Waals surface area (Å²) in [7, 11) is 0. The molecule has 1 aromatic carbocycles. The molecule has 29 heavy (non-hydrogen) atoms. The SMILES string of the molecule is O=C(CSc1ccc(Cl)cc1)N[C@H]1CC[C@H]1NC1CCN(Cc2ccco2)CC1. The van der Waals surface area contributed by atoms with Gasteiger partial charge in [0.15, 0.2) is 0 Å². The summed E-state index contributed by atoms with van der Waals surface area (Å²) in [5, 5.41) is 7.71. The zero-order valence-electron chi connectivity index (χ0n) is 16.5. The standard InChI is InChI=1S/C22H28ClN3O2S/c23-16-3-5-19(6-4-16)29-15-22(27)25-21-8-7-20(21)24-17-9-11-26(12-10-17)14-18-2-1-13-28-18/h1-6,13,17,20-21,24H,7-12,14-15H2,(H,25,27)/t20-,21+/m1/s1. The maximum atomic E-state index is 12.3. The van der Waals surface area contributed by atoms with Crippen molar-refractivity contribution in [2.45, 2.75) is 55.2 Å². The third-order valence-electron chi connectivity index (χ3n) is 5.80. The van der Waals surface area contributed by atoms with E-state index in [1.807, 2.05) is 36.4 Å². The lowest BCUT2D eigenvalue weighted by atomic mass is 9.85. The molecular weight excluding hydrogens is 406 g/mol. The van der Waals surface area contributed by atoms with Gasteiger partial charge in [0.1, 0.15) is 5.76 Å². The van der Waals surface area contributed by atoms with Gasteiger partial charge in [0.05, 0.1) is 18.6 Å². The van der Waals surface area contributed by atoms with Gasteiger partial charge in [-0.25, -0.2) is 0 Å². The van der Waals surface area contributed by atoms with Gasteiger partial charge in [0.25, 0.3) is 0 Å². The van der Waals surface area contributed by atoms with Crippen LogP contribution < -0.4 is 10.6 Å². The van der Waals surface area contributed by atoms with E-state index in [1.165, 1.54) is 0 Å². The Morgan fingerprint density at radius 3 is 2.52 bits per heavy atom. The summed E-state index contributed by atoms with van der Waals surface area (Å²) in [4.78, 5) is 15.8. The molecule has 2 atom stereocenters. The normalized spacial score (nSPS) is 22.9. The minimum absolute atomic E-state index is 0.106. The van der Waals surface area contributed by atoms with E-state index >= 15 is 0 Å². The van der Waals surface area contributed by atoms with Gasteiger partial charge in [0.2, 0.25) is 5.91 Å². The maximum Gasteiger partial charge on any atom is 0.230 e. The molecule has 0 spiro atoms. The number of benzene rings is 1. The lowest BCUT2D eigenvalue weighted by molar-refractivity contribution is -0.120. The van der Waals surface area contributed by atoms with Crippen LogP contribution in [-0.4, -0.2) is 47.8 Å². The fraction of sp³-hybridized carbons (Fsp3) is 0.500. The number of hydrogen-bond donors (Lipinski definition) is 2. The van der Waals surface area contributed by atoms with Crippen LogP contribution >= 0.6 is 23.4 Å². The summed E-state index contributed by atoms with van der Waals surface area (Å²) >= 11 is 7.45. The minimum Gasteiger partial charge on any atom is -0.468 e. The van der Waals surface area contributed by atoms with Crippen molar-refractivity contribution < 1.29 is 9.21 Å². The van der Waals surface area contributed by atoms with Gasteiger partial charge in [0, 0.05) is 41.1 Å². The number of likely N-dealkylation sites (tertiary alicyclic amines) is 1. The van der Waals surface area contributed by atoms with Crippen LogP contribution in [0.15, 0.2) is 52.0 Å². The van der Waals surface area contributed by atoms with Crippen molar-refractivity contribution in [1.29, 1.82) is 0 Å². The molecular formula is C22H28ClN3O2S.